The number of nitrogens with two attached hydrogens (primary N) is 1. The van der Waals surface area contributed by atoms with Gasteiger partial charge in [-0.1, -0.05) is 12.1 Å². The van der Waals surface area contributed by atoms with E-state index < -0.39 is 0 Å². The molecule has 4 heteroatoms. The molecule has 0 saturated carbocycles. The summed E-state index contributed by atoms with van der Waals surface area (Å²) in [5.41, 5.74) is 7.83. The predicted molar refractivity (Wildman–Crippen MR) is 65.5 cm³/mol. The number of fused-ring (bicyclic) bond motifs is 1. The van der Waals surface area contributed by atoms with E-state index in [2.05, 4.69) is 20.9 Å². The number of aromatic nitrogens is 2. The molecule has 16 heavy (non-hydrogen) atoms. The highest BCUT2D eigenvalue weighted by molar-refractivity contribution is 5.77. The largest absolute Gasteiger partial charge is 0.342 e. The summed E-state index contributed by atoms with van der Waals surface area (Å²) in [5, 5.41) is 0. The summed E-state index contributed by atoms with van der Waals surface area (Å²) in [6.07, 6.45) is 1.17. The van der Waals surface area contributed by atoms with Crippen LogP contribution in [0.25, 0.3) is 11.0 Å². The molecule has 0 bridgehead atoms. The third kappa shape index (κ3) is 1.55. The number of imidazole rings is 1. The van der Waals surface area contributed by atoms with E-state index in [1.807, 2.05) is 18.2 Å². The molecule has 3 rings (SSSR count). The van der Waals surface area contributed by atoms with Crippen LogP contribution in [0, 0.1) is 5.92 Å². The van der Waals surface area contributed by atoms with Crippen molar-refractivity contribution in [1.82, 2.24) is 9.97 Å². The van der Waals surface area contributed by atoms with Gasteiger partial charge < -0.3 is 15.6 Å². The normalized spacial score (nSPS) is 20.8. The van der Waals surface area contributed by atoms with E-state index in [9.17, 15) is 0 Å². The molecule has 0 amide bonds. The summed E-state index contributed by atoms with van der Waals surface area (Å²) < 4.78 is 0. The highest BCUT2D eigenvalue weighted by Gasteiger charge is 2.23. The maximum atomic E-state index is 5.69. The first-order valence-electron chi connectivity index (χ1n) is 5.76. The number of nitrogens with one attached hydrogen (secondary N) is 1. The third-order valence-corrected chi connectivity index (χ3v) is 3.30. The Hall–Kier alpha value is -1.55. The Bertz CT molecular complexity index is 457. The smallest absolute Gasteiger partial charge is 0.203 e. The molecule has 4 nitrogen and oxygen atoms in total. The second-order valence-corrected chi connectivity index (χ2v) is 4.41. The molecular formula is C12H16N4. The highest BCUT2D eigenvalue weighted by atomic mass is 15.3. The van der Waals surface area contributed by atoms with Gasteiger partial charge in [0, 0.05) is 13.1 Å². The van der Waals surface area contributed by atoms with Crippen molar-refractivity contribution in [2.45, 2.75) is 6.42 Å². The summed E-state index contributed by atoms with van der Waals surface area (Å²) in [5.74, 6) is 1.60. The monoisotopic (exact) mass is 216 g/mol. The summed E-state index contributed by atoms with van der Waals surface area (Å²) in [6.45, 7) is 2.86. The fourth-order valence-electron chi connectivity index (χ4n) is 2.31. The SMILES string of the molecule is NC[C@H]1CCN(c2nc3ccccc3[nH]2)C1. The van der Waals surface area contributed by atoms with Gasteiger partial charge in [0.1, 0.15) is 0 Å². The number of para-hydroxylation sites is 2. The van der Waals surface area contributed by atoms with Crippen molar-refractivity contribution in [1.29, 1.82) is 0 Å². The number of hydrogen-bond donors (Lipinski definition) is 2. The van der Waals surface area contributed by atoms with Crippen LogP contribution in [-0.2, 0) is 0 Å². The number of aromatic amines is 1. The molecule has 3 N–H and O–H groups in total. The van der Waals surface area contributed by atoms with Crippen LogP contribution in [0.1, 0.15) is 6.42 Å². The van der Waals surface area contributed by atoms with Gasteiger partial charge in [-0.15, -0.1) is 0 Å². The van der Waals surface area contributed by atoms with Crippen molar-refractivity contribution in [3.63, 3.8) is 0 Å². The van der Waals surface area contributed by atoms with E-state index in [4.69, 9.17) is 5.73 Å². The molecule has 1 fully saturated rings. The fourth-order valence-corrected chi connectivity index (χ4v) is 2.31. The zero-order chi connectivity index (χ0) is 11.0. The van der Waals surface area contributed by atoms with Crippen LogP contribution >= 0.6 is 0 Å². The number of rotatable bonds is 2. The van der Waals surface area contributed by atoms with Crippen LogP contribution in [0.5, 0.6) is 0 Å². The number of benzene rings is 1. The third-order valence-electron chi connectivity index (χ3n) is 3.30. The minimum atomic E-state index is 0.619. The molecule has 1 aromatic heterocycles. The summed E-state index contributed by atoms with van der Waals surface area (Å²) in [7, 11) is 0. The molecule has 0 spiro atoms. The molecule has 1 atom stereocenters. The van der Waals surface area contributed by atoms with Crippen LogP contribution < -0.4 is 10.6 Å². The van der Waals surface area contributed by atoms with E-state index in [-0.39, 0.29) is 0 Å². The van der Waals surface area contributed by atoms with Gasteiger partial charge in [-0.3, -0.25) is 0 Å². The van der Waals surface area contributed by atoms with E-state index in [1.54, 1.807) is 0 Å². The molecule has 2 aromatic rings. The first-order chi connectivity index (χ1) is 7.86. The van der Waals surface area contributed by atoms with Crippen LogP contribution in [0.3, 0.4) is 0 Å². The van der Waals surface area contributed by atoms with Gasteiger partial charge in [-0.25, -0.2) is 4.98 Å². The molecule has 1 saturated heterocycles. The number of anilines is 1. The standard InChI is InChI=1S/C12H16N4/c13-7-9-5-6-16(8-9)12-14-10-3-1-2-4-11(10)15-12/h1-4,9H,5-8,13H2,(H,14,15)/t9-/m1/s1. The minimum absolute atomic E-state index is 0.619. The first kappa shape index (κ1) is 9.66. The van der Waals surface area contributed by atoms with Crippen LogP contribution in [-0.4, -0.2) is 29.6 Å². The van der Waals surface area contributed by atoms with E-state index in [0.717, 1.165) is 36.6 Å². The highest BCUT2D eigenvalue weighted by Crippen LogP contribution is 2.23. The van der Waals surface area contributed by atoms with Gasteiger partial charge in [-0.2, -0.15) is 0 Å². The Morgan fingerprint density at radius 2 is 2.31 bits per heavy atom. The average Bonchev–Trinajstić information content (AvgIpc) is 2.95. The molecule has 2 heterocycles. The number of H-pyrrole nitrogens is 1. The summed E-state index contributed by atoms with van der Waals surface area (Å²) in [6, 6.07) is 8.13. The molecule has 1 aliphatic heterocycles. The van der Waals surface area contributed by atoms with Crippen molar-refractivity contribution >= 4 is 17.0 Å². The van der Waals surface area contributed by atoms with E-state index in [0.29, 0.717) is 5.92 Å². The van der Waals surface area contributed by atoms with Gasteiger partial charge in [-0.05, 0) is 31.0 Å². The van der Waals surface area contributed by atoms with Gasteiger partial charge in [0.15, 0.2) is 0 Å². The van der Waals surface area contributed by atoms with Crippen molar-refractivity contribution in [2.24, 2.45) is 11.7 Å². The molecule has 1 aliphatic rings. The van der Waals surface area contributed by atoms with Crippen molar-refractivity contribution < 1.29 is 0 Å². The lowest BCUT2D eigenvalue weighted by atomic mass is 10.1. The van der Waals surface area contributed by atoms with Crippen LogP contribution in [0.15, 0.2) is 24.3 Å². The molecule has 1 aromatic carbocycles. The Labute approximate surface area is 94.5 Å². The van der Waals surface area contributed by atoms with E-state index in [1.165, 1.54) is 6.42 Å². The second-order valence-electron chi connectivity index (χ2n) is 4.41. The maximum Gasteiger partial charge on any atom is 0.203 e. The molecular weight excluding hydrogens is 200 g/mol. The predicted octanol–water partition coefficient (Wildman–Crippen LogP) is 1.35. The molecule has 0 aliphatic carbocycles. The Morgan fingerprint density at radius 3 is 3.06 bits per heavy atom. The van der Waals surface area contributed by atoms with Crippen LogP contribution in [0.2, 0.25) is 0 Å². The average molecular weight is 216 g/mol. The molecule has 0 unspecified atom stereocenters. The van der Waals surface area contributed by atoms with Gasteiger partial charge in [0.05, 0.1) is 11.0 Å². The zero-order valence-electron chi connectivity index (χ0n) is 9.19. The molecule has 0 radical (unpaired) electrons. The van der Waals surface area contributed by atoms with Crippen molar-refractivity contribution in [3.05, 3.63) is 24.3 Å². The van der Waals surface area contributed by atoms with Gasteiger partial charge >= 0.3 is 0 Å². The lowest BCUT2D eigenvalue weighted by Gasteiger charge is -2.14. The summed E-state index contributed by atoms with van der Waals surface area (Å²) >= 11 is 0. The fraction of sp³-hybridized carbons (Fsp3) is 0.417. The lowest BCUT2D eigenvalue weighted by molar-refractivity contribution is 0.602. The molecule has 84 valence electrons. The lowest BCUT2D eigenvalue weighted by Crippen LogP contribution is -2.23. The van der Waals surface area contributed by atoms with Crippen molar-refractivity contribution in [2.75, 3.05) is 24.5 Å². The number of nitrogens with zero attached hydrogens (tertiary/aromatic N) is 2. The van der Waals surface area contributed by atoms with Crippen LogP contribution in [0.4, 0.5) is 5.95 Å². The Kier molecular flexibility index (Phi) is 2.29. The van der Waals surface area contributed by atoms with E-state index >= 15 is 0 Å². The minimum Gasteiger partial charge on any atom is -0.342 e. The number of hydrogen-bond acceptors (Lipinski definition) is 3. The maximum absolute atomic E-state index is 5.69. The topological polar surface area (TPSA) is 57.9 Å². The van der Waals surface area contributed by atoms with Gasteiger partial charge in [0.25, 0.3) is 0 Å². The Morgan fingerprint density at radius 1 is 1.44 bits per heavy atom. The zero-order valence-corrected chi connectivity index (χ0v) is 9.19. The Balaban J connectivity index is 1.89. The van der Waals surface area contributed by atoms with Gasteiger partial charge in [0.2, 0.25) is 5.95 Å². The quantitative estimate of drug-likeness (QED) is 0.796. The summed E-state index contributed by atoms with van der Waals surface area (Å²) in [4.78, 5) is 10.2. The second kappa shape index (κ2) is 3.79. The first-order valence-corrected chi connectivity index (χ1v) is 5.76. The van der Waals surface area contributed by atoms with Crippen molar-refractivity contribution in [3.8, 4) is 0 Å².